The summed E-state index contributed by atoms with van der Waals surface area (Å²) in [5.41, 5.74) is 1.09. The molecule has 0 atom stereocenters. The molecule has 0 unspecified atom stereocenters. The Balaban J connectivity index is 2.54. The fraction of sp³-hybridized carbons (Fsp3) is 0.250. The highest BCUT2D eigenvalue weighted by Crippen LogP contribution is 2.33. The molecule has 0 aliphatic carbocycles. The average molecular weight is 235 g/mol. The van der Waals surface area contributed by atoms with Gasteiger partial charge in [0.2, 0.25) is 0 Å². The van der Waals surface area contributed by atoms with E-state index in [0.717, 1.165) is 17.7 Å². The predicted octanol–water partition coefficient (Wildman–Crippen LogP) is 2.26. The molecule has 0 saturated carbocycles. The van der Waals surface area contributed by atoms with Crippen LogP contribution >= 0.6 is 22.4 Å². The Morgan fingerprint density at radius 3 is 2.85 bits per heavy atom. The predicted molar refractivity (Wildman–Crippen MR) is 53.9 cm³/mol. The third-order valence-electron chi connectivity index (χ3n) is 1.94. The quantitative estimate of drug-likeness (QED) is 0.699. The summed E-state index contributed by atoms with van der Waals surface area (Å²) in [5, 5.41) is 0. The first kappa shape index (κ1) is 9.37. The molecule has 0 saturated heterocycles. The van der Waals surface area contributed by atoms with Gasteiger partial charge in [-0.25, -0.2) is 8.42 Å². The van der Waals surface area contributed by atoms with E-state index in [1.807, 2.05) is 6.07 Å². The van der Waals surface area contributed by atoms with E-state index >= 15 is 0 Å². The monoisotopic (exact) mass is 234 g/mol. The normalized spacial score (nSPS) is 15.8. The van der Waals surface area contributed by atoms with E-state index in [9.17, 15) is 8.42 Å². The van der Waals surface area contributed by atoms with E-state index in [0.29, 0.717) is 0 Å². The molecule has 5 heteroatoms. The summed E-state index contributed by atoms with van der Waals surface area (Å²) in [7, 11) is 1.66. The number of rotatable bonds is 1. The number of aryl methyl sites for hydroxylation is 1. The number of thioether (sulfide) groups is 1. The Bertz CT molecular complexity index is 439. The summed E-state index contributed by atoms with van der Waals surface area (Å²) in [4.78, 5) is 1.37. The van der Waals surface area contributed by atoms with Crippen LogP contribution in [0.2, 0.25) is 0 Å². The highest BCUT2D eigenvalue weighted by atomic mass is 35.7. The molecule has 0 aromatic heterocycles. The van der Waals surface area contributed by atoms with Gasteiger partial charge in [-0.2, -0.15) is 0 Å². The molecule has 0 fully saturated rings. The van der Waals surface area contributed by atoms with Crippen molar-refractivity contribution in [1.29, 1.82) is 0 Å². The Morgan fingerprint density at radius 2 is 2.15 bits per heavy atom. The van der Waals surface area contributed by atoms with E-state index < -0.39 is 9.05 Å². The van der Waals surface area contributed by atoms with Gasteiger partial charge in [0.15, 0.2) is 0 Å². The SMILES string of the molecule is O=S(=O)(Cl)c1ccc2c(c1)CCS2. The molecule has 2 nitrogen and oxygen atoms in total. The maximum absolute atomic E-state index is 11.0. The second-order valence-corrected chi connectivity index (χ2v) is 6.51. The van der Waals surface area contributed by atoms with Crippen LogP contribution < -0.4 is 0 Å². The van der Waals surface area contributed by atoms with Crippen LogP contribution in [0.4, 0.5) is 0 Å². The summed E-state index contributed by atoms with van der Waals surface area (Å²) in [5.74, 6) is 1.03. The second-order valence-electron chi connectivity index (χ2n) is 2.81. The van der Waals surface area contributed by atoms with E-state index in [4.69, 9.17) is 10.7 Å². The lowest BCUT2D eigenvalue weighted by Crippen LogP contribution is -1.92. The molecule has 70 valence electrons. The van der Waals surface area contributed by atoms with E-state index in [1.54, 1.807) is 23.9 Å². The van der Waals surface area contributed by atoms with Crippen molar-refractivity contribution in [1.82, 2.24) is 0 Å². The van der Waals surface area contributed by atoms with Crippen molar-refractivity contribution in [3.8, 4) is 0 Å². The van der Waals surface area contributed by atoms with Gasteiger partial charge in [-0.3, -0.25) is 0 Å². The van der Waals surface area contributed by atoms with Gasteiger partial charge in [0, 0.05) is 21.3 Å². The number of halogens is 1. The van der Waals surface area contributed by atoms with Gasteiger partial charge < -0.3 is 0 Å². The zero-order valence-electron chi connectivity index (χ0n) is 6.66. The number of hydrogen-bond acceptors (Lipinski definition) is 3. The van der Waals surface area contributed by atoms with Gasteiger partial charge in [0.1, 0.15) is 0 Å². The molecule has 0 radical (unpaired) electrons. The molecule has 1 aromatic rings. The van der Waals surface area contributed by atoms with Crippen molar-refractivity contribution in [2.75, 3.05) is 5.75 Å². The van der Waals surface area contributed by atoms with Crippen LogP contribution in [0.1, 0.15) is 5.56 Å². The molecule has 0 N–H and O–H groups in total. The highest BCUT2D eigenvalue weighted by Gasteiger charge is 2.16. The molecule has 13 heavy (non-hydrogen) atoms. The lowest BCUT2D eigenvalue weighted by atomic mass is 10.2. The van der Waals surface area contributed by atoms with Crippen molar-refractivity contribution in [3.05, 3.63) is 23.8 Å². The Hall–Kier alpha value is -0.190. The Kier molecular flexibility index (Phi) is 2.30. The first-order chi connectivity index (χ1) is 6.07. The largest absolute Gasteiger partial charge is 0.261 e. The Labute approximate surface area is 85.7 Å². The highest BCUT2D eigenvalue weighted by molar-refractivity contribution is 8.13. The van der Waals surface area contributed by atoms with Gasteiger partial charge in [-0.1, -0.05) is 0 Å². The minimum atomic E-state index is -3.56. The van der Waals surface area contributed by atoms with Crippen molar-refractivity contribution in [2.45, 2.75) is 16.2 Å². The lowest BCUT2D eigenvalue weighted by Gasteiger charge is -1.99. The molecule has 1 aliphatic rings. The fourth-order valence-corrected chi connectivity index (χ4v) is 3.17. The molecule has 0 amide bonds. The van der Waals surface area contributed by atoms with Crippen molar-refractivity contribution >= 4 is 31.5 Å². The minimum Gasteiger partial charge on any atom is -0.207 e. The van der Waals surface area contributed by atoms with Gasteiger partial charge in [0.05, 0.1) is 4.90 Å². The maximum Gasteiger partial charge on any atom is 0.261 e. The molecule has 2 rings (SSSR count). The smallest absolute Gasteiger partial charge is 0.207 e. The second kappa shape index (κ2) is 3.19. The molecule has 0 bridgehead atoms. The summed E-state index contributed by atoms with van der Waals surface area (Å²) in [6, 6.07) is 5.04. The molecular weight excluding hydrogens is 228 g/mol. The first-order valence-electron chi connectivity index (χ1n) is 3.78. The van der Waals surface area contributed by atoms with E-state index in [1.165, 1.54) is 4.90 Å². The van der Waals surface area contributed by atoms with Crippen LogP contribution in [0.25, 0.3) is 0 Å². The number of hydrogen-bond donors (Lipinski definition) is 0. The molecular formula is C8H7ClO2S2. The third kappa shape index (κ3) is 1.85. The van der Waals surface area contributed by atoms with Gasteiger partial charge >= 0.3 is 0 Å². The van der Waals surface area contributed by atoms with Crippen LogP contribution in [0.5, 0.6) is 0 Å². The van der Waals surface area contributed by atoms with E-state index in [-0.39, 0.29) is 4.90 Å². The standard InChI is InChI=1S/C8H7ClO2S2/c9-13(10,11)7-1-2-8-6(5-7)3-4-12-8/h1-2,5H,3-4H2. The Morgan fingerprint density at radius 1 is 1.38 bits per heavy atom. The maximum atomic E-state index is 11.0. The summed E-state index contributed by atoms with van der Waals surface area (Å²) in [6.45, 7) is 0. The van der Waals surface area contributed by atoms with Crippen molar-refractivity contribution in [2.24, 2.45) is 0 Å². The summed E-state index contributed by atoms with van der Waals surface area (Å²) >= 11 is 1.75. The molecule has 0 spiro atoms. The van der Waals surface area contributed by atoms with Crippen LogP contribution in [-0.2, 0) is 15.5 Å². The van der Waals surface area contributed by atoms with Crippen LogP contribution in [0, 0.1) is 0 Å². The topological polar surface area (TPSA) is 34.1 Å². The zero-order valence-corrected chi connectivity index (χ0v) is 9.05. The summed E-state index contributed by atoms with van der Waals surface area (Å²) < 4.78 is 22.0. The van der Waals surface area contributed by atoms with Crippen LogP contribution in [0.15, 0.2) is 28.0 Å². The van der Waals surface area contributed by atoms with Crippen LogP contribution in [-0.4, -0.2) is 14.2 Å². The molecule has 1 aliphatic heterocycles. The lowest BCUT2D eigenvalue weighted by molar-refractivity contribution is 0.609. The first-order valence-corrected chi connectivity index (χ1v) is 7.07. The summed E-state index contributed by atoms with van der Waals surface area (Å²) in [6.07, 6.45) is 0.931. The van der Waals surface area contributed by atoms with Crippen molar-refractivity contribution in [3.63, 3.8) is 0 Å². The van der Waals surface area contributed by atoms with Crippen LogP contribution in [0.3, 0.4) is 0 Å². The van der Waals surface area contributed by atoms with Gasteiger partial charge in [0.25, 0.3) is 9.05 Å². The number of benzene rings is 1. The minimum absolute atomic E-state index is 0.204. The molecule has 1 heterocycles. The fourth-order valence-electron chi connectivity index (χ4n) is 1.31. The molecule has 1 aromatic carbocycles. The number of fused-ring (bicyclic) bond motifs is 1. The van der Waals surface area contributed by atoms with E-state index in [2.05, 4.69) is 0 Å². The zero-order chi connectivity index (χ0) is 9.47. The van der Waals surface area contributed by atoms with Gasteiger partial charge in [-0.15, -0.1) is 11.8 Å². The average Bonchev–Trinajstić information content (AvgIpc) is 2.47. The van der Waals surface area contributed by atoms with Gasteiger partial charge in [-0.05, 0) is 30.2 Å². The third-order valence-corrected chi connectivity index (χ3v) is 4.41. The van der Waals surface area contributed by atoms with Crippen molar-refractivity contribution < 1.29 is 8.42 Å².